The number of ketones is 1. The maximum Gasteiger partial charge on any atom is 0.305 e. The quantitative estimate of drug-likeness (QED) is 0.236. The van der Waals surface area contributed by atoms with Crippen LogP contribution in [0.3, 0.4) is 0 Å². The zero-order chi connectivity index (χ0) is 29.1. The first-order chi connectivity index (χ1) is 19.1. The SMILES string of the molecule is CC(C)[C@H](NC(=O)C(O)(c1ccccc1)c1ccccc1)C(=O)N[C@@H](CC(=O)O)C(=O)CSCc1ccccc1. The van der Waals surface area contributed by atoms with Crippen LogP contribution in [0.2, 0.25) is 0 Å². The number of aliphatic hydroxyl groups is 1. The number of carboxylic acid groups (broad SMARTS) is 1. The van der Waals surface area contributed by atoms with Crippen molar-refractivity contribution in [2.45, 2.75) is 43.7 Å². The number of rotatable bonds is 14. The molecule has 4 N–H and O–H groups in total. The number of amides is 2. The second-order valence-corrected chi connectivity index (χ2v) is 10.7. The summed E-state index contributed by atoms with van der Waals surface area (Å²) in [6.07, 6.45) is -0.590. The van der Waals surface area contributed by atoms with Crippen LogP contribution in [0.4, 0.5) is 0 Å². The summed E-state index contributed by atoms with van der Waals surface area (Å²) in [4.78, 5) is 51.4. The van der Waals surface area contributed by atoms with Crippen LogP contribution >= 0.6 is 11.8 Å². The maximum atomic E-state index is 13.7. The van der Waals surface area contributed by atoms with Crippen LogP contribution in [0.25, 0.3) is 0 Å². The summed E-state index contributed by atoms with van der Waals surface area (Å²) in [6, 6.07) is 23.9. The summed E-state index contributed by atoms with van der Waals surface area (Å²) in [7, 11) is 0. The third kappa shape index (κ3) is 8.03. The molecule has 0 heterocycles. The minimum Gasteiger partial charge on any atom is -0.481 e. The first-order valence-electron chi connectivity index (χ1n) is 12.9. The van der Waals surface area contributed by atoms with Gasteiger partial charge < -0.3 is 20.8 Å². The van der Waals surface area contributed by atoms with Gasteiger partial charge in [0.05, 0.1) is 18.2 Å². The normalized spacial score (nSPS) is 12.8. The van der Waals surface area contributed by atoms with Crippen molar-refractivity contribution in [2.24, 2.45) is 5.92 Å². The summed E-state index contributed by atoms with van der Waals surface area (Å²) >= 11 is 1.32. The van der Waals surface area contributed by atoms with Gasteiger partial charge in [0.25, 0.3) is 5.91 Å². The van der Waals surface area contributed by atoms with Crippen molar-refractivity contribution in [3.05, 3.63) is 108 Å². The van der Waals surface area contributed by atoms with Crippen molar-refractivity contribution < 1.29 is 29.4 Å². The fourth-order valence-corrected chi connectivity index (χ4v) is 5.13. The Morgan fingerprint density at radius 2 is 1.30 bits per heavy atom. The summed E-state index contributed by atoms with van der Waals surface area (Å²) in [5, 5.41) is 26.3. The average molecular weight is 563 g/mol. The highest BCUT2D eigenvalue weighted by Gasteiger charge is 2.42. The first-order valence-corrected chi connectivity index (χ1v) is 14.1. The van der Waals surface area contributed by atoms with Crippen LogP contribution < -0.4 is 10.6 Å². The van der Waals surface area contributed by atoms with Gasteiger partial charge in [-0.25, -0.2) is 0 Å². The van der Waals surface area contributed by atoms with E-state index in [1.165, 1.54) is 11.8 Å². The molecule has 0 saturated heterocycles. The van der Waals surface area contributed by atoms with E-state index in [0.29, 0.717) is 16.9 Å². The number of carboxylic acids is 1. The van der Waals surface area contributed by atoms with Gasteiger partial charge in [-0.2, -0.15) is 0 Å². The second-order valence-electron chi connectivity index (χ2n) is 9.74. The van der Waals surface area contributed by atoms with Crippen molar-refractivity contribution in [1.29, 1.82) is 0 Å². The molecule has 2 atom stereocenters. The van der Waals surface area contributed by atoms with Crippen LogP contribution in [0.15, 0.2) is 91.0 Å². The Bertz CT molecular complexity index is 1250. The predicted molar refractivity (Wildman–Crippen MR) is 154 cm³/mol. The fourth-order valence-electron chi connectivity index (χ4n) is 4.19. The topological polar surface area (TPSA) is 133 Å². The van der Waals surface area contributed by atoms with Gasteiger partial charge in [-0.15, -0.1) is 11.8 Å². The molecular weight excluding hydrogens is 528 g/mol. The molecule has 2 amide bonds. The molecule has 3 aromatic carbocycles. The standard InChI is InChI=1S/C31H34N2O6S/c1-21(2)28(33-30(38)31(39,23-14-8-4-9-15-23)24-16-10-5-11-17-24)29(37)32-25(18-27(35)36)26(34)20-40-19-22-12-6-3-7-13-22/h3-17,21,25,28,39H,18-20H2,1-2H3,(H,32,37)(H,33,38)(H,35,36)/t25-,28-/m0/s1. The molecule has 3 aromatic rings. The predicted octanol–water partition coefficient (Wildman–Crippen LogP) is 3.53. The first kappa shape index (κ1) is 30.6. The summed E-state index contributed by atoms with van der Waals surface area (Å²) < 4.78 is 0. The molecule has 0 radical (unpaired) electrons. The van der Waals surface area contributed by atoms with E-state index in [9.17, 15) is 29.4 Å². The largest absolute Gasteiger partial charge is 0.481 e. The number of nitrogens with one attached hydrogen (secondary N) is 2. The third-order valence-electron chi connectivity index (χ3n) is 6.39. The molecule has 0 aromatic heterocycles. The van der Waals surface area contributed by atoms with Gasteiger partial charge in [0.1, 0.15) is 6.04 Å². The molecule has 3 rings (SSSR count). The minimum absolute atomic E-state index is 0.00753. The molecule has 0 bridgehead atoms. The molecule has 8 nitrogen and oxygen atoms in total. The molecule has 0 aliphatic heterocycles. The van der Waals surface area contributed by atoms with Gasteiger partial charge in [0.2, 0.25) is 5.91 Å². The Morgan fingerprint density at radius 1 is 0.800 bits per heavy atom. The van der Waals surface area contributed by atoms with E-state index in [-0.39, 0.29) is 5.75 Å². The van der Waals surface area contributed by atoms with E-state index < -0.39 is 53.6 Å². The molecular formula is C31H34N2O6S. The molecule has 0 aliphatic carbocycles. The van der Waals surface area contributed by atoms with Crippen LogP contribution in [-0.4, -0.2) is 51.6 Å². The molecule has 0 unspecified atom stereocenters. The summed E-state index contributed by atoms with van der Waals surface area (Å²) in [5.74, 6) is -3.07. The lowest BCUT2D eigenvalue weighted by Crippen LogP contribution is -2.57. The smallest absolute Gasteiger partial charge is 0.305 e. The number of carbonyl (C=O) groups is 4. The number of hydrogen-bond acceptors (Lipinski definition) is 6. The van der Waals surface area contributed by atoms with Crippen LogP contribution in [-0.2, 0) is 30.5 Å². The van der Waals surface area contributed by atoms with E-state index in [2.05, 4.69) is 10.6 Å². The zero-order valence-electron chi connectivity index (χ0n) is 22.4. The Kier molecular flexibility index (Phi) is 11.0. The van der Waals surface area contributed by atoms with Crippen LogP contribution in [0.1, 0.15) is 37.0 Å². The van der Waals surface area contributed by atoms with Gasteiger partial charge in [0, 0.05) is 5.75 Å². The Labute approximate surface area is 238 Å². The molecule has 210 valence electrons. The Hall–Kier alpha value is -3.95. The minimum atomic E-state index is -2.10. The third-order valence-corrected chi connectivity index (χ3v) is 7.41. The average Bonchev–Trinajstić information content (AvgIpc) is 2.95. The molecule has 40 heavy (non-hydrogen) atoms. The molecule has 0 aliphatic rings. The number of hydrogen-bond donors (Lipinski definition) is 4. The lowest BCUT2D eigenvalue weighted by atomic mass is 9.85. The second kappa shape index (κ2) is 14.4. The number of Topliss-reactive ketones (excluding diaryl/α,β-unsaturated/α-hetero) is 1. The number of benzene rings is 3. The van der Waals surface area contributed by atoms with E-state index in [1.807, 2.05) is 30.3 Å². The van der Waals surface area contributed by atoms with Gasteiger partial charge in [-0.05, 0) is 22.6 Å². The number of aliphatic carboxylic acids is 1. The molecule has 0 spiro atoms. The van der Waals surface area contributed by atoms with Crippen LogP contribution in [0.5, 0.6) is 0 Å². The van der Waals surface area contributed by atoms with E-state index in [4.69, 9.17) is 0 Å². The monoisotopic (exact) mass is 562 g/mol. The molecule has 0 fully saturated rings. The lowest BCUT2D eigenvalue weighted by molar-refractivity contribution is -0.142. The van der Waals surface area contributed by atoms with Crippen molar-refractivity contribution in [3.63, 3.8) is 0 Å². The highest BCUT2D eigenvalue weighted by Crippen LogP contribution is 2.30. The maximum absolute atomic E-state index is 13.7. The van der Waals surface area contributed by atoms with Crippen molar-refractivity contribution >= 4 is 35.3 Å². The van der Waals surface area contributed by atoms with E-state index in [0.717, 1.165) is 5.56 Å². The summed E-state index contributed by atoms with van der Waals surface area (Å²) in [5.41, 5.74) is -0.446. The highest BCUT2D eigenvalue weighted by atomic mass is 32.2. The molecule has 9 heteroatoms. The van der Waals surface area contributed by atoms with Gasteiger partial charge >= 0.3 is 5.97 Å². The van der Waals surface area contributed by atoms with Crippen molar-refractivity contribution in [2.75, 3.05) is 5.75 Å². The van der Waals surface area contributed by atoms with Crippen LogP contribution in [0, 0.1) is 5.92 Å². The van der Waals surface area contributed by atoms with Crippen molar-refractivity contribution in [3.8, 4) is 0 Å². The highest BCUT2D eigenvalue weighted by molar-refractivity contribution is 7.99. The van der Waals surface area contributed by atoms with Crippen molar-refractivity contribution in [1.82, 2.24) is 10.6 Å². The van der Waals surface area contributed by atoms with Gasteiger partial charge in [-0.1, -0.05) is 105 Å². The van der Waals surface area contributed by atoms with E-state index in [1.54, 1.807) is 74.5 Å². The van der Waals surface area contributed by atoms with E-state index >= 15 is 0 Å². The number of carbonyl (C=O) groups excluding carboxylic acids is 3. The van der Waals surface area contributed by atoms with Gasteiger partial charge in [-0.3, -0.25) is 19.2 Å². The Balaban J connectivity index is 1.77. The number of thioether (sulfide) groups is 1. The Morgan fingerprint density at radius 3 is 1.77 bits per heavy atom. The lowest BCUT2D eigenvalue weighted by Gasteiger charge is -2.31. The zero-order valence-corrected chi connectivity index (χ0v) is 23.3. The molecule has 0 saturated carbocycles. The fraction of sp³-hybridized carbons (Fsp3) is 0.290. The summed E-state index contributed by atoms with van der Waals surface area (Å²) in [6.45, 7) is 3.41. The van der Waals surface area contributed by atoms with Gasteiger partial charge in [0.15, 0.2) is 11.4 Å².